The lowest BCUT2D eigenvalue weighted by Crippen LogP contribution is -2.43. The molecule has 1 heterocycles. The summed E-state index contributed by atoms with van der Waals surface area (Å²) in [7, 11) is 5.59. The molecule has 3 aromatic carbocycles. The van der Waals surface area contributed by atoms with Crippen molar-refractivity contribution in [3.8, 4) is 5.75 Å². The Morgan fingerprint density at radius 2 is 1.80 bits per heavy atom. The summed E-state index contributed by atoms with van der Waals surface area (Å²) in [6.45, 7) is 1.23. The van der Waals surface area contributed by atoms with E-state index in [9.17, 15) is 9.90 Å². The van der Waals surface area contributed by atoms with Crippen LogP contribution in [0.15, 0.2) is 65.6 Å². The maximum Gasteiger partial charge on any atom is 0.257 e. The molecule has 30 heavy (non-hydrogen) atoms. The number of rotatable bonds is 5. The van der Waals surface area contributed by atoms with Crippen LogP contribution in [0.25, 0.3) is 10.8 Å². The average Bonchev–Trinajstić information content (AvgIpc) is 2.87. The molecule has 2 unspecified atom stereocenters. The zero-order chi connectivity index (χ0) is 21.3. The number of aliphatic hydroxyl groups is 1. The molecule has 1 N–H and O–H groups in total. The van der Waals surface area contributed by atoms with Crippen LogP contribution in [-0.4, -0.2) is 56.3 Å². The minimum absolute atomic E-state index is 0.265. The van der Waals surface area contributed by atoms with Crippen molar-refractivity contribution in [2.24, 2.45) is 0 Å². The maximum absolute atomic E-state index is 13.4. The van der Waals surface area contributed by atoms with Crippen molar-refractivity contribution < 1.29 is 14.6 Å². The number of thioether (sulfide) groups is 1. The third-order valence-corrected chi connectivity index (χ3v) is 6.86. The van der Waals surface area contributed by atoms with Gasteiger partial charge in [-0.05, 0) is 48.6 Å². The molecular weight excluding hydrogens is 396 g/mol. The predicted octanol–water partition coefficient (Wildman–Crippen LogP) is 3.95. The Balaban J connectivity index is 1.84. The minimum Gasteiger partial charge on any atom is -0.497 e. The van der Waals surface area contributed by atoms with Crippen molar-refractivity contribution in [3.05, 3.63) is 66.2 Å². The van der Waals surface area contributed by atoms with E-state index in [0.717, 1.165) is 32.7 Å². The van der Waals surface area contributed by atoms with Gasteiger partial charge in [0.15, 0.2) is 0 Å². The molecule has 0 bridgehead atoms. The first-order valence-electron chi connectivity index (χ1n) is 9.96. The largest absolute Gasteiger partial charge is 0.497 e. The molecule has 0 saturated carbocycles. The zero-order valence-corrected chi connectivity index (χ0v) is 18.2. The number of ether oxygens (including phenoxy) is 1. The molecule has 0 spiro atoms. The number of anilines is 1. The number of carbonyl (C=O) groups is 1. The molecule has 3 aromatic rings. The number of aliphatic hydroxyl groups excluding tert-OH is 1. The third kappa shape index (κ3) is 3.90. The number of benzene rings is 3. The highest BCUT2D eigenvalue weighted by molar-refractivity contribution is 8.00. The highest BCUT2D eigenvalue weighted by atomic mass is 32.2. The van der Waals surface area contributed by atoms with E-state index in [1.165, 1.54) is 0 Å². The summed E-state index contributed by atoms with van der Waals surface area (Å²) >= 11 is 1.56. The second-order valence-corrected chi connectivity index (χ2v) is 8.84. The molecule has 1 amide bonds. The van der Waals surface area contributed by atoms with E-state index >= 15 is 0 Å². The molecule has 0 aliphatic carbocycles. The van der Waals surface area contributed by atoms with Crippen LogP contribution in [0, 0.1) is 0 Å². The van der Waals surface area contributed by atoms with Crippen molar-refractivity contribution in [1.29, 1.82) is 0 Å². The molecule has 4 rings (SSSR count). The maximum atomic E-state index is 13.4. The number of likely N-dealkylation sites (N-methyl/N-ethyl adjacent to an activating group) is 1. The van der Waals surface area contributed by atoms with Crippen molar-refractivity contribution in [2.45, 2.75) is 16.2 Å². The molecule has 1 aliphatic heterocycles. The van der Waals surface area contributed by atoms with Gasteiger partial charge in [-0.25, -0.2) is 0 Å². The van der Waals surface area contributed by atoms with E-state index in [1.54, 1.807) is 23.8 Å². The minimum atomic E-state index is -1.14. The number of fused-ring (bicyclic) bond motifs is 3. The lowest BCUT2D eigenvalue weighted by molar-refractivity contribution is -0.126. The Kier molecular flexibility index (Phi) is 5.99. The first-order valence-corrected chi connectivity index (χ1v) is 10.8. The lowest BCUT2D eigenvalue weighted by Gasteiger charge is -2.26. The van der Waals surface area contributed by atoms with E-state index in [4.69, 9.17) is 4.74 Å². The Labute approximate surface area is 181 Å². The van der Waals surface area contributed by atoms with Crippen molar-refractivity contribution in [1.82, 2.24) is 4.90 Å². The van der Waals surface area contributed by atoms with E-state index in [1.807, 2.05) is 67.5 Å². The van der Waals surface area contributed by atoms with Gasteiger partial charge in [-0.2, -0.15) is 0 Å². The number of carbonyl (C=O) groups excluding carboxylic acids is 1. The summed E-state index contributed by atoms with van der Waals surface area (Å²) < 4.78 is 5.27. The molecule has 0 saturated heterocycles. The fourth-order valence-corrected chi connectivity index (χ4v) is 5.15. The Morgan fingerprint density at radius 1 is 1.07 bits per heavy atom. The van der Waals surface area contributed by atoms with Gasteiger partial charge in [-0.3, -0.25) is 4.79 Å². The normalized spacial score (nSPS) is 19.1. The second kappa shape index (κ2) is 8.68. The Hall–Kier alpha value is -2.54. The molecule has 156 valence electrons. The van der Waals surface area contributed by atoms with Crippen LogP contribution in [0.2, 0.25) is 0 Å². The van der Waals surface area contributed by atoms with Gasteiger partial charge in [0.1, 0.15) is 11.9 Å². The number of hydrogen-bond acceptors (Lipinski definition) is 5. The van der Waals surface area contributed by atoms with Crippen LogP contribution < -0.4 is 9.64 Å². The summed E-state index contributed by atoms with van der Waals surface area (Å²) in [5.74, 6) is 0.482. The SMILES string of the molecule is COc1ccc(C2Sc3c(ccc4ccccc34)N(CCN(C)C)C(=O)C2O)cc1. The molecule has 5 nitrogen and oxygen atoms in total. The van der Waals surface area contributed by atoms with Crippen LogP contribution in [-0.2, 0) is 4.79 Å². The van der Waals surface area contributed by atoms with Gasteiger partial charge in [0.25, 0.3) is 5.91 Å². The average molecular weight is 423 g/mol. The molecule has 6 heteroatoms. The summed E-state index contributed by atoms with van der Waals surface area (Å²) in [6, 6.07) is 19.8. The number of nitrogens with zero attached hydrogens (tertiary/aromatic N) is 2. The zero-order valence-electron chi connectivity index (χ0n) is 17.4. The van der Waals surface area contributed by atoms with Crippen molar-refractivity contribution >= 4 is 34.1 Å². The molecule has 0 radical (unpaired) electrons. The van der Waals surface area contributed by atoms with Crippen LogP contribution in [0.1, 0.15) is 10.8 Å². The fourth-order valence-electron chi connectivity index (χ4n) is 3.74. The van der Waals surface area contributed by atoms with Crippen LogP contribution in [0.5, 0.6) is 5.75 Å². The quantitative estimate of drug-likeness (QED) is 0.675. The molecular formula is C24H26N2O3S. The van der Waals surface area contributed by atoms with E-state index in [-0.39, 0.29) is 5.91 Å². The molecule has 0 fully saturated rings. The van der Waals surface area contributed by atoms with E-state index in [2.05, 4.69) is 12.1 Å². The van der Waals surface area contributed by atoms with Crippen molar-refractivity contribution in [2.75, 3.05) is 39.2 Å². The number of amides is 1. The third-order valence-electron chi connectivity index (χ3n) is 5.42. The van der Waals surface area contributed by atoms with Gasteiger partial charge in [-0.1, -0.05) is 42.5 Å². The van der Waals surface area contributed by atoms with Gasteiger partial charge < -0.3 is 19.6 Å². The van der Waals surface area contributed by atoms with Gasteiger partial charge in [0.05, 0.1) is 18.0 Å². The lowest BCUT2D eigenvalue weighted by atomic mass is 10.1. The van der Waals surface area contributed by atoms with E-state index in [0.29, 0.717) is 13.1 Å². The number of hydrogen-bond donors (Lipinski definition) is 1. The fraction of sp³-hybridized carbons (Fsp3) is 0.292. The predicted molar refractivity (Wildman–Crippen MR) is 122 cm³/mol. The topological polar surface area (TPSA) is 53.0 Å². The van der Waals surface area contributed by atoms with Crippen molar-refractivity contribution in [3.63, 3.8) is 0 Å². The summed E-state index contributed by atoms with van der Waals surface area (Å²) in [4.78, 5) is 18.2. The highest BCUT2D eigenvalue weighted by Gasteiger charge is 2.37. The summed E-state index contributed by atoms with van der Waals surface area (Å²) in [5.41, 5.74) is 1.76. The smallest absolute Gasteiger partial charge is 0.257 e. The Bertz CT molecular complexity index is 1050. The first-order chi connectivity index (χ1) is 14.5. The van der Waals surface area contributed by atoms with Gasteiger partial charge in [-0.15, -0.1) is 11.8 Å². The van der Waals surface area contributed by atoms with Gasteiger partial charge in [0, 0.05) is 18.0 Å². The summed E-state index contributed by atoms with van der Waals surface area (Å²) in [6.07, 6.45) is -1.14. The monoisotopic (exact) mass is 422 g/mol. The van der Waals surface area contributed by atoms with Crippen LogP contribution in [0.4, 0.5) is 5.69 Å². The second-order valence-electron chi connectivity index (χ2n) is 7.68. The van der Waals surface area contributed by atoms with Gasteiger partial charge >= 0.3 is 0 Å². The first kappa shape index (κ1) is 20.7. The molecule has 2 atom stereocenters. The van der Waals surface area contributed by atoms with E-state index < -0.39 is 11.4 Å². The van der Waals surface area contributed by atoms with Crippen LogP contribution >= 0.6 is 11.8 Å². The van der Waals surface area contributed by atoms with Gasteiger partial charge in [0.2, 0.25) is 0 Å². The summed E-state index contributed by atoms with van der Waals surface area (Å²) in [5, 5.41) is 12.9. The molecule has 0 aromatic heterocycles. The number of methoxy groups -OCH3 is 1. The molecule has 1 aliphatic rings. The highest BCUT2D eigenvalue weighted by Crippen LogP contribution is 2.48. The van der Waals surface area contributed by atoms with Crippen LogP contribution in [0.3, 0.4) is 0 Å². The standard InChI is InChI=1S/C24H26N2O3S/c1-25(2)14-15-26-20-13-10-16-6-4-5-7-19(16)23(20)30-22(21(27)24(26)28)17-8-11-18(29-3)12-9-17/h4-13,21-22,27H,14-15H2,1-3H3. The Morgan fingerprint density at radius 3 is 2.50 bits per heavy atom.